The van der Waals surface area contributed by atoms with Crippen molar-refractivity contribution in [1.29, 1.82) is 0 Å². The summed E-state index contributed by atoms with van der Waals surface area (Å²) in [5, 5.41) is 3.16. The van der Waals surface area contributed by atoms with E-state index in [2.05, 4.69) is 30.4 Å². The minimum absolute atomic E-state index is 0.0876. The van der Waals surface area contributed by atoms with E-state index in [0.29, 0.717) is 5.92 Å². The van der Waals surface area contributed by atoms with E-state index in [1.807, 2.05) is 0 Å². The highest BCUT2D eigenvalue weighted by Crippen LogP contribution is 2.41. The molecule has 1 aromatic rings. The third-order valence-corrected chi connectivity index (χ3v) is 4.71. The number of aryl methyl sites for hydroxylation is 1. The van der Waals surface area contributed by atoms with E-state index in [-0.39, 0.29) is 11.8 Å². The monoisotopic (exact) mass is 257 g/mol. The van der Waals surface area contributed by atoms with E-state index in [0.717, 1.165) is 19.4 Å². The van der Waals surface area contributed by atoms with Crippen LogP contribution in [-0.2, 0) is 11.2 Å². The van der Waals surface area contributed by atoms with Crippen LogP contribution in [0, 0.1) is 0 Å². The van der Waals surface area contributed by atoms with E-state index in [1.54, 1.807) is 0 Å². The van der Waals surface area contributed by atoms with E-state index in [9.17, 15) is 4.79 Å². The summed E-state index contributed by atoms with van der Waals surface area (Å²) in [6.45, 7) is 3.05. The Bertz CT molecular complexity index is 480. The second-order valence-corrected chi connectivity index (χ2v) is 5.95. The first kappa shape index (κ1) is 12.7. The van der Waals surface area contributed by atoms with Crippen molar-refractivity contribution in [1.82, 2.24) is 5.32 Å². The first-order valence-electron chi connectivity index (χ1n) is 7.70. The van der Waals surface area contributed by atoms with Crippen molar-refractivity contribution >= 4 is 5.91 Å². The normalized spacial score (nSPS) is 24.8. The molecular weight excluding hydrogens is 234 g/mol. The molecule has 2 unspecified atom stereocenters. The van der Waals surface area contributed by atoms with Crippen LogP contribution in [0.5, 0.6) is 0 Å². The van der Waals surface area contributed by atoms with Gasteiger partial charge < -0.3 is 5.32 Å². The van der Waals surface area contributed by atoms with Gasteiger partial charge in [0.25, 0.3) is 0 Å². The number of rotatable bonds is 4. The van der Waals surface area contributed by atoms with Gasteiger partial charge >= 0.3 is 0 Å². The Morgan fingerprint density at radius 3 is 3.05 bits per heavy atom. The molecule has 0 aromatic heterocycles. The first-order valence-corrected chi connectivity index (χ1v) is 7.70. The lowest BCUT2D eigenvalue weighted by atomic mass is 9.86. The molecule has 2 nitrogen and oxygen atoms in total. The van der Waals surface area contributed by atoms with Crippen molar-refractivity contribution in [2.45, 2.75) is 57.3 Å². The van der Waals surface area contributed by atoms with Crippen molar-refractivity contribution < 1.29 is 4.79 Å². The smallest absolute Gasteiger partial charge is 0.227 e. The predicted molar refractivity (Wildman–Crippen MR) is 77.4 cm³/mol. The molecule has 2 atom stereocenters. The fourth-order valence-electron chi connectivity index (χ4n) is 3.70. The summed E-state index contributed by atoms with van der Waals surface area (Å²) in [4.78, 5) is 12.3. The number of unbranched alkanes of at least 4 members (excludes halogenated alkanes) is 2. The van der Waals surface area contributed by atoms with Crippen LogP contribution in [-0.4, -0.2) is 12.5 Å². The van der Waals surface area contributed by atoms with Gasteiger partial charge in [-0.3, -0.25) is 4.79 Å². The Labute approximate surface area is 115 Å². The minimum Gasteiger partial charge on any atom is -0.355 e. The molecule has 0 bridgehead atoms. The van der Waals surface area contributed by atoms with E-state index in [4.69, 9.17) is 0 Å². The number of carbonyl (C=O) groups excluding carboxylic acids is 1. The molecule has 0 spiro atoms. The maximum Gasteiger partial charge on any atom is 0.227 e. The summed E-state index contributed by atoms with van der Waals surface area (Å²) < 4.78 is 0. The van der Waals surface area contributed by atoms with Crippen molar-refractivity contribution in [3.63, 3.8) is 0 Å². The summed E-state index contributed by atoms with van der Waals surface area (Å²) in [7, 11) is 0. The van der Waals surface area contributed by atoms with Gasteiger partial charge in [-0.25, -0.2) is 0 Å². The Morgan fingerprint density at radius 2 is 2.21 bits per heavy atom. The molecule has 1 amide bonds. The minimum atomic E-state index is 0.0876. The van der Waals surface area contributed by atoms with Crippen LogP contribution in [0.25, 0.3) is 0 Å². The van der Waals surface area contributed by atoms with Gasteiger partial charge in [0.15, 0.2) is 0 Å². The summed E-state index contributed by atoms with van der Waals surface area (Å²) >= 11 is 0. The standard InChI is InChI=1S/C17H23NO/c1-2-3-4-7-15-14-8-5-6-12-9-10-13(16(12)14)11-18-17(15)19/h5-6,8,13,15H,2-4,7,9-11H2,1H3,(H,18,19). The molecule has 0 saturated carbocycles. The molecule has 0 saturated heterocycles. The van der Waals surface area contributed by atoms with Gasteiger partial charge in [0, 0.05) is 12.5 Å². The largest absolute Gasteiger partial charge is 0.355 e. The maximum absolute atomic E-state index is 12.3. The van der Waals surface area contributed by atoms with Crippen LogP contribution in [0.3, 0.4) is 0 Å². The van der Waals surface area contributed by atoms with E-state index >= 15 is 0 Å². The number of amides is 1. The number of benzene rings is 1. The second kappa shape index (κ2) is 5.36. The lowest BCUT2D eigenvalue weighted by molar-refractivity contribution is -0.122. The third-order valence-electron chi connectivity index (χ3n) is 4.71. The fourth-order valence-corrected chi connectivity index (χ4v) is 3.70. The molecule has 0 fully saturated rings. The Morgan fingerprint density at radius 1 is 1.32 bits per heavy atom. The number of carbonyl (C=O) groups is 1. The van der Waals surface area contributed by atoms with Gasteiger partial charge in [0.2, 0.25) is 5.91 Å². The quantitative estimate of drug-likeness (QED) is 0.822. The van der Waals surface area contributed by atoms with Crippen molar-refractivity contribution in [3.05, 3.63) is 34.9 Å². The van der Waals surface area contributed by atoms with Crippen molar-refractivity contribution in [2.75, 3.05) is 6.54 Å². The SMILES string of the molecule is CCCCCC1C(=O)NCC2CCc3cccc1c32. The van der Waals surface area contributed by atoms with Crippen LogP contribution >= 0.6 is 0 Å². The van der Waals surface area contributed by atoms with Gasteiger partial charge in [-0.2, -0.15) is 0 Å². The highest BCUT2D eigenvalue weighted by atomic mass is 16.1. The highest BCUT2D eigenvalue weighted by molar-refractivity contribution is 5.85. The topological polar surface area (TPSA) is 29.1 Å². The van der Waals surface area contributed by atoms with E-state index < -0.39 is 0 Å². The lowest BCUT2D eigenvalue weighted by Crippen LogP contribution is -2.29. The van der Waals surface area contributed by atoms with Gasteiger partial charge in [0.1, 0.15) is 0 Å². The molecule has 1 aliphatic carbocycles. The number of nitrogens with one attached hydrogen (secondary N) is 1. The van der Waals surface area contributed by atoms with Crippen LogP contribution in [0.2, 0.25) is 0 Å². The molecule has 1 heterocycles. The summed E-state index contributed by atoms with van der Waals surface area (Å²) in [6.07, 6.45) is 6.98. The molecule has 19 heavy (non-hydrogen) atoms. The average Bonchev–Trinajstić information content (AvgIpc) is 2.78. The zero-order valence-corrected chi connectivity index (χ0v) is 11.7. The highest BCUT2D eigenvalue weighted by Gasteiger charge is 2.33. The van der Waals surface area contributed by atoms with Gasteiger partial charge in [-0.15, -0.1) is 0 Å². The maximum atomic E-state index is 12.3. The van der Waals surface area contributed by atoms with Gasteiger partial charge in [-0.1, -0.05) is 44.4 Å². The molecule has 1 aliphatic heterocycles. The molecular formula is C17H23NO. The van der Waals surface area contributed by atoms with Crippen LogP contribution in [0.1, 0.15) is 67.6 Å². The second-order valence-electron chi connectivity index (χ2n) is 5.95. The molecule has 1 aromatic carbocycles. The van der Waals surface area contributed by atoms with Gasteiger partial charge in [0.05, 0.1) is 5.92 Å². The molecule has 0 radical (unpaired) electrons. The summed E-state index contributed by atoms with van der Waals surface area (Å²) in [5.41, 5.74) is 4.31. The number of hydrogen-bond acceptors (Lipinski definition) is 1. The zero-order chi connectivity index (χ0) is 13.2. The van der Waals surface area contributed by atoms with Crippen molar-refractivity contribution in [2.24, 2.45) is 0 Å². The van der Waals surface area contributed by atoms with Crippen LogP contribution in [0.15, 0.2) is 18.2 Å². The predicted octanol–water partition coefficient (Wildman–Crippen LogP) is 3.51. The summed E-state index contributed by atoms with van der Waals surface area (Å²) in [5.74, 6) is 0.898. The molecule has 2 aliphatic rings. The lowest BCUT2D eigenvalue weighted by Gasteiger charge is -2.17. The molecule has 102 valence electrons. The van der Waals surface area contributed by atoms with E-state index in [1.165, 1.54) is 42.4 Å². The average molecular weight is 257 g/mol. The fraction of sp³-hybridized carbons (Fsp3) is 0.588. The molecule has 2 heteroatoms. The Balaban J connectivity index is 1.93. The molecule has 3 rings (SSSR count). The first-order chi connectivity index (χ1) is 9.31. The van der Waals surface area contributed by atoms with Crippen LogP contribution < -0.4 is 5.32 Å². The van der Waals surface area contributed by atoms with Crippen molar-refractivity contribution in [3.8, 4) is 0 Å². The number of hydrogen-bond donors (Lipinski definition) is 1. The van der Waals surface area contributed by atoms with Gasteiger partial charge in [-0.05, 0) is 36.0 Å². The van der Waals surface area contributed by atoms with Crippen LogP contribution in [0.4, 0.5) is 0 Å². The molecule has 1 N–H and O–H groups in total. The third kappa shape index (κ3) is 2.29. The summed E-state index contributed by atoms with van der Waals surface area (Å²) in [6, 6.07) is 6.58. The Kier molecular flexibility index (Phi) is 3.58. The zero-order valence-electron chi connectivity index (χ0n) is 11.7. The Hall–Kier alpha value is -1.31.